The smallest absolute Gasteiger partial charge is 0.339 e. The Morgan fingerprint density at radius 3 is 2.53 bits per heavy atom. The van der Waals surface area contributed by atoms with Crippen molar-refractivity contribution in [3.8, 4) is 5.75 Å². The number of hydrogen-bond donors (Lipinski definition) is 2. The quantitative estimate of drug-likeness (QED) is 0.742. The molecule has 0 aromatic heterocycles. The number of carbonyl (C=O) groups excluding carboxylic acids is 1. The number of aromatic hydroxyl groups is 1. The molecule has 0 unspecified atom stereocenters. The van der Waals surface area contributed by atoms with Crippen LogP contribution in [0.25, 0.3) is 0 Å². The molecule has 0 aliphatic carbocycles. The summed E-state index contributed by atoms with van der Waals surface area (Å²) in [6.45, 7) is 3.45. The Labute approximate surface area is 87.2 Å². The van der Waals surface area contributed by atoms with Crippen LogP contribution in [0.3, 0.4) is 0 Å². The Hall–Kier alpha value is -1.84. The highest BCUT2D eigenvalue weighted by atomic mass is 16.4. The van der Waals surface area contributed by atoms with Crippen molar-refractivity contribution in [2.24, 2.45) is 0 Å². The van der Waals surface area contributed by atoms with E-state index in [0.29, 0.717) is 29.4 Å². The molecule has 2 N–H and O–H groups in total. The summed E-state index contributed by atoms with van der Waals surface area (Å²) < 4.78 is 0. The molecule has 0 bridgehead atoms. The number of carbonyl (C=O) groups is 2. The molecule has 80 valence electrons. The minimum Gasteiger partial charge on any atom is -0.507 e. The van der Waals surface area contributed by atoms with Gasteiger partial charge in [-0.05, 0) is 30.5 Å². The van der Waals surface area contributed by atoms with Crippen LogP contribution in [0.4, 0.5) is 0 Å². The Morgan fingerprint density at radius 1 is 1.53 bits per heavy atom. The first-order chi connectivity index (χ1) is 7.02. The van der Waals surface area contributed by atoms with Crippen LogP contribution in [-0.2, 0) is 6.42 Å². The molecule has 0 spiro atoms. The van der Waals surface area contributed by atoms with Gasteiger partial charge >= 0.3 is 5.97 Å². The summed E-state index contributed by atoms with van der Waals surface area (Å²) in [5.74, 6) is -1.49. The molecule has 4 nitrogen and oxygen atoms in total. The number of benzene rings is 1. The van der Waals surface area contributed by atoms with Crippen LogP contribution in [0.5, 0.6) is 5.75 Å². The first-order valence-electron chi connectivity index (χ1n) is 4.56. The van der Waals surface area contributed by atoms with Gasteiger partial charge in [-0.3, -0.25) is 4.79 Å². The van der Waals surface area contributed by atoms with Gasteiger partial charge in [0, 0.05) is 5.56 Å². The van der Waals surface area contributed by atoms with E-state index >= 15 is 0 Å². The van der Waals surface area contributed by atoms with Crippen LogP contribution >= 0.6 is 0 Å². The second-order valence-corrected chi connectivity index (χ2v) is 3.24. The standard InChI is InChI=1S/C11H12O4/c1-3-8-6(2)10(13)9(11(14)15)4-7(8)5-12/h4-5,13H,3H2,1-2H3,(H,14,15). The maximum Gasteiger partial charge on any atom is 0.339 e. The van der Waals surface area contributed by atoms with Crippen LogP contribution in [0.2, 0.25) is 0 Å². The monoisotopic (exact) mass is 208 g/mol. The third-order valence-corrected chi connectivity index (χ3v) is 2.42. The number of aldehydes is 1. The lowest BCUT2D eigenvalue weighted by Crippen LogP contribution is -2.04. The minimum atomic E-state index is -1.23. The molecule has 15 heavy (non-hydrogen) atoms. The van der Waals surface area contributed by atoms with Gasteiger partial charge in [-0.1, -0.05) is 6.92 Å². The van der Waals surface area contributed by atoms with E-state index in [4.69, 9.17) is 5.11 Å². The molecule has 1 rings (SSSR count). The van der Waals surface area contributed by atoms with Crippen molar-refractivity contribution >= 4 is 12.3 Å². The molecular formula is C11H12O4. The van der Waals surface area contributed by atoms with Crippen LogP contribution in [0.15, 0.2) is 6.07 Å². The summed E-state index contributed by atoms with van der Waals surface area (Å²) in [6, 6.07) is 1.20. The summed E-state index contributed by atoms with van der Waals surface area (Å²) in [6.07, 6.45) is 1.19. The van der Waals surface area contributed by atoms with Gasteiger partial charge in [0.15, 0.2) is 0 Å². The fraction of sp³-hybridized carbons (Fsp3) is 0.273. The summed E-state index contributed by atoms with van der Waals surface area (Å²) in [4.78, 5) is 21.5. The van der Waals surface area contributed by atoms with E-state index < -0.39 is 5.97 Å². The van der Waals surface area contributed by atoms with E-state index in [9.17, 15) is 14.7 Å². The van der Waals surface area contributed by atoms with Gasteiger partial charge in [0.05, 0.1) is 0 Å². The molecule has 1 aromatic carbocycles. The van der Waals surface area contributed by atoms with Gasteiger partial charge in [0.2, 0.25) is 0 Å². The van der Waals surface area contributed by atoms with Gasteiger partial charge in [0.1, 0.15) is 17.6 Å². The van der Waals surface area contributed by atoms with E-state index in [2.05, 4.69) is 0 Å². The average Bonchev–Trinajstić information content (AvgIpc) is 2.21. The zero-order chi connectivity index (χ0) is 11.6. The molecule has 0 aliphatic rings. The fourth-order valence-corrected chi connectivity index (χ4v) is 1.61. The van der Waals surface area contributed by atoms with Crippen LogP contribution in [0, 0.1) is 6.92 Å². The van der Waals surface area contributed by atoms with E-state index in [1.54, 1.807) is 6.92 Å². The maximum absolute atomic E-state index is 10.8. The fourth-order valence-electron chi connectivity index (χ4n) is 1.61. The van der Waals surface area contributed by atoms with E-state index in [0.717, 1.165) is 0 Å². The van der Waals surface area contributed by atoms with Gasteiger partial charge in [-0.15, -0.1) is 0 Å². The Kier molecular flexibility index (Phi) is 3.09. The maximum atomic E-state index is 10.8. The molecule has 0 radical (unpaired) electrons. The van der Waals surface area contributed by atoms with E-state index in [-0.39, 0.29) is 11.3 Å². The third kappa shape index (κ3) is 1.83. The first kappa shape index (κ1) is 11.2. The second-order valence-electron chi connectivity index (χ2n) is 3.24. The number of phenols is 1. The molecule has 0 atom stereocenters. The molecule has 1 aromatic rings. The van der Waals surface area contributed by atoms with Crippen molar-refractivity contribution < 1.29 is 19.8 Å². The molecule has 0 heterocycles. The van der Waals surface area contributed by atoms with Gasteiger partial charge in [-0.25, -0.2) is 4.79 Å². The summed E-state index contributed by atoms with van der Waals surface area (Å²) in [7, 11) is 0. The normalized spacial score (nSPS) is 10.0. The topological polar surface area (TPSA) is 74.6 Å². The molecule has 0 fully saturated rings. The lowest BCUT2D eigenvalue weighted by molar-refractivity contribution is 0.0693. The van der Waals surface area contributed by atoms with Gasteiger partial charge in [-0.2, -0.15) is 0 Å². The zero-order valence-electron chi connectivity index (χ0n) is 8.57. The molecule has 0 amide bonds. The SMILES string of the molecule is CCc1c(C=O)cc(C(=O)O)c(O)c1C. The van der Waals surface area contributed by atoms with Crippen LogP contribution in [0.1, 0.15) is 38.8 Å². The highest BCUT2D eigenvalue weighted by molar-refractivity contribution is 5.94. The molecule has 0 saturated carbocycles. The highest BCUT2D eigenvalue weighted by Gasteiger charge is 2.17. The van der Waals surface area contributed by atoms with Crippen molar-refractivity contribution in [1.29, 1.82) is 0 Å². The number of rotatable bonds is 3. The highest BCUT2D eigenvalue weighted by Crippen LogP contribution is 2.28. The van der Waals surface area contributed by atoms with Crippen molar-refractivity contribution in [2.75, 3.05) is 0 Å². The van der Waals surface area contributed by atoms with Crippen LogP contribution in [-0.4, -0.2) is 22.5 Å². The number of hydrogen-bond acceptors (Lipinski definition) is 3. The van der Waals surface area contributed by atoms with Gasteiger partial charge in [0.25, 0.3) is 0 Å². The molecule has 4 heteroatoms. The number of aromatic carboxylic acids is 1. The molecular weight excluding hydrogens is 196 g/mol. The lowest BCUT2D eigenvalue weighted by atomic mass is 9.96. The Morgan fingerprint density at radius 2 is 2.13 bits per heavy atom. The van der Waals surface area contributed by atoms with Crippen molar-refractivity contribution in [2.45, 2.75) is 20.3 Å². The summed E-state index contributed by atoms with van der Waals surface area (Å²) in [5, 5.41) is 18.4. The van der Waals surface area contributed by atoms with Crippen LogP contribution < -0.4 is 0 Å². The predicted molar refractivity (Wildman–Crippen MR) is 54.6 cm³/mol. The Balaban J connectivity index is 3.56. The first-order valence-corrected chi connectivity index (χ1v) is 4.56. The number of carboxylic acids is 1. The largest absolute Gasteiger partial charge is 0.507 e. The average molecular weight is 208 g/mol. The van der Waals surface area contributed by atoms with Crippen molar-refractivity contribution in [3.05, 3.63) is 28.3 Å². The predicted octanol–water partition coefficient (Wildman–Crippen LogP) is 1.77. The third-order valence-electron chi connectivity index (χ3n) is 2.42. The van der Waals surface area contributed by atoms with Gasteiger partial charge < -0.3 is 10.2 Å². The number of carboxylic acid groups (broad SMARTS) is 1. The summed E-state index contributed by atoms with van der Waals surface area (Å²) in [5.41, 5.74) is 1.24. The Bertz CT molecular complexity index is 421. The van der Waals surface area contributed by atoms with Crippen molar-refractivity contribution in [1.82, 2.24) is 0 Å². The minimum absolute atomic E-state index is 0.230. The second kappa shape index (κ2) is 4.13. The summed E-state index contributed by atoms with van der Waals surface area (Å²) >= 11 is 0. The lowest BCUT2D eigenvalue weighted by Gasteiger charge is -2.10. The zero-order valence-corrected chi connectivity index (χ0v) is 8.57. The molecule has 0 aliphatic heterocycles. The molecule has 0 saturated heterocycles. The van der Waals surface area contributed by atoms with E-state index in [1.165, 1.54) is 6.07 Å². The van der Waals surface area contributed by atoms with E-state index in [1.807, 2.05) is 6.92 Å². The van der Waals surface area contributed by atoms with Crippen molar-refractivity contribution in [3.63, 3.8) is 0 Å².